The molecule has 0 saturated carbocycles. The number of aromatic nitrogens is 3. The van der Waals surface area contributed by atoms with Crippen molar-refractivity contribution < 1.29 is 9.47 Å². The van der Waals surface area contributed by atoms with Crippen molar-refractivity contribution in [2.24, 2.45) is 0 Å². The Bertz CT molecular complexity index is 1040. The molecule has 26 heavy (non-hydrogen) atoms. The monoisotopic (exact) mass is 345 g/mol. The maximum absolute atomic E-state index is 5.42. The number of hydrogen-bond donors (Lipinski definition) is 0. The summed E-state index contributed by atoms with van der Waals surface area (Å²) in [5.41, 5.74) is 3.90. The largest absolute Gasteiger partial charge is 0.493 e. The Kier molecular flexibility index (Phi) is 4.27. The third-order valence-electron chi connectivity index (χ3n) is 4.35. The van der Waals surface area contributed by atoms with Crippen molar-refractivity contribution in [3.05, 3.63) is 78.4 Å². The molecule has 0 amide bonds. The van der Waals surface area contributed by atoms with E-state index in [0.29, 0.717) is 11.5 Å². The minimum Gasteiger partial charge on any atom is -0.493 e. The number of fused-ring (bicyclic) bond motifs is 1. The first-order valence-corrected chi connectivity index (χ1v) is 8.38. The summed E-state index contributed by atoms with van der Waals surface area (Å²) >= 11 is 0. The number of benzene rings is 2. The number of imidazole rings is 1. The van der Waals surface area contributed by atoms with Crippen LogP contribution in [-0.2, 0) is 6.42 Å². The minimum absolute atomic E-state index is 0.680. The molecule has 130 valence electrons. The van der Waals surface area contributed by atoms with Crippen LogP contribution in [0, 0.1) is 0 Å². The van der Waals surface area contributed by atoms with E-state index in [2.05, 4.69) is 17.1 Å². The second kappa shape index (κ2) is 6.88. The minimum atomic E-state index is 0.680. The van der Waals surface area contributed by atoms with Crippen LogP contribution in [0.1, 0.15) is 11.4 Å². The van der Waals surface area contributed by atoms with Crippen LogP contribution in [0.15, 0.2) is 67.0 Å². The molecule has 0 aliphatic rings. The van der Waals surface area contributed by atoms with E-state index < -0.39 is 0 Å². The molecule has 0 fully saturated rings. The van der Waals surface area contributed by atoms with Crippen molar-refractivity contribution in [3.8, 4) is 22.8 Å². The van der Waals surface area contributed by atoms with Crippen LogP contribution in [0.3, 0.4) is 0 Å². The summed E-state index contributed by atoms with van der Waals surface area (Å²) in [6, 6.07) is 18.1. The molecule has 2 aromatic carbocycles. The molecule has 2 heterocycles. The average Bonchev–Trinajstić information content (AvgIpc) is 3.17. The molecular weight excluding hydrogens is 326 g/mol. The molecule has 5 heteroatoms. The van der Waals surface area contributed by atoms with Crippen molar-refractivity contribution in [2.75, 3.05) is 14.2 Å². The Morgan fingerprint density at radius 2 is 1.73 bits per heavy atom. The van der Waals surface area contributed by atoms with Crippen molar-refractivity contribution in [3.63, 3.8) is 0 Å². The van der Waals surface area contributed by atoms with Crippen molar-refractivity contribution in [1.29, 1.82) is 0 Å². The van der Waals surface area contributed by atoms with Gasteiger partial charge < -0.3 is 9.47 Å². The third kappa shape index (κ3) is 2.99. The van der Waals surface area contributed by atoms with Gasteiger partial charge in [0, 0.05) is 30.4 Å². The highest BCUT2D eigenvalue weighted by Gasteiger charge is 2.12. The van der Waals surface area contributed by atoms with Crippen LogP contribution in [0.4, 0.5) is 0 Å². The van der Waals surface area contributed by atoms with Crippen LogP contribution >= 0.6 is 0 Å². The maximum atomic E-state index is 5.42. The lowest BCUT2D eigenvalue weighted by Crippen LogP contribution is -2.03. The van der Waals surface area contributed by atoms with Crippen LogP contribution in [0.25, 0.3) is 16.9 Å². The van der Waals surface area contributed by atoms with E-state index in [1.54, 1.807) is 20.4 Å². The first-order chi connectivity index (χ1) is 12.8. The van der Waals surface area contributed by atoms with Crippen LogP contribution in [0.5, 0.6) is 11.5 Å². The third-order valence-corrected chi connectivity index (χ3v) is 4.35. The molecule has 0 aliphatic heterocycles. The molecule has 0 bridgehead atoms. The Morgan fingerprint density at radius 3 is 2.50 bits per heavy atom. The molecule has 0 saturated heterocycles. The van der Waals surface area contributed by atoms with E-state index >= 15 is 0 Å². The molecule has 2 aromatic heterocycles. The fraction of sp³-hybridized carbons (Fsp3) is 0.143. The number of nitrogens with zero attached hydrogens (tertiary/aromatic N) is 3. The molecule has 0 spiro atoms. The summed E-state index contributed by atoms with van der Waals surface area (Å²) in [5.74, 6) is 2.32. The number of hydrogen-bond acceptors (Lipinski definition) is 4. The van der Waals surface area contributed by atoms with Gasteiger partial charge in [0.05, 0.1) is 19.9 Å². The average molecular weight is 345 g/mol. The number of methoxy groups -OCH3 is 2. The highest BCUT2D eigenvalue weighted by molar-refractivity contribution is 5.67. The Balaban J connectivity index is 1.81. The van der Waals surface area contributed by atoms with Gasteiger partial charge in [0.15, 0.2) is 11.5 Å². The van der Waals surface area contributed by atoms with Gasteiger partial charge in [-0.2, -0.15) is 0 Å². The summed E-state index contributed by atoms with van der Waals surface area (Å²) in [5, 5.41) is 0. The molecule has 4 rings (SSSR count). The van der Waals surface area contributed by atoms with E-state index in [4.69, 9.17) is 14.5 Å². The van der Waals surface area contributed by atoms with Crippen LogP contribution in [-0.4, -0.2) is 28.6 Å². The standard InChI is InChI=1S/C21H19N3O2/c1-25-18-9-8-16(13-19(18)26-2)17-14-20-22-10-11-24(20)21(23-17)12-15-6-4-3-5-7-15/h3-11,13-14H,12H2,1-2H3. The summed E-state index contributed by atoms with van der Waals surface area (Å²) in [6.07, 6.45) is 4.47. The molecule has 0 unspecified atom stereocenters. The van der Waals surface area contributed by atoms with E-state index in [0.717, 1.165) is 29.1 Å². The second-order valence-electron chi connectivity index (χ2n) is 5.95. The fourth-order valence-corrected chi connectivity index (χ4v) is 3.03. The lowest BCUT2D eigenvalue weighted by Gasteiger charge is -2.11. The van der Waals surface area contributed by atoms with Gasteiger partial charge in [-0.25, -0.2) is 9.97 Å². The van der Waals surface area contributed by atoms with Crippen molar-refractivity contribution >= 4 is 5.65 Å². The van der Waals surface area contributed by atoms with Gasteiger partial charge in [0.2, 0.25) is 0 Å². The highest BCUT2D eigenvalue weighted by atomic mass is 16.5. The zero-order chi connectivity index (χ0) is 17.9. The fourth-order valence-electron chi connectivity index (χ4n) is 3.03. The quantitative estimate of drug-likeness (QED) is 0.548. The van der Waals surface area contributed by atoms with Gasteiger partial charge in [-0.3, -0.25) is 4.40 Å². The topological polar surface area (TPSA) is 48.7 Å². The van der Waals surface area contributed by atoms with Crippen molar-refractivity contribution in [2.45, 2.75) is 6.42 Å². The zero-order valence-corrected chi connectivity index (χ0v) is 14.7. The summed E-state index contributed by atoms with van der Waals surface area (Å²) in [6.45, 7) is 0. The van der Waals surface area contributed by atoms with Crippen LogP contribution < -0.4 is 9.47 Å². The second-order valence-corrected chi connectivity index (χ2v) is 5.95. The molecule has 0 atom stereocenters. The van der Waals surface area contributed by atoms with Gasteiger partial charge in [0.25, 0.3) is 0 Å². The SMILES string of the molecule is COc1ccc(-c2cc3nccn3c(Cc3ccccc3)n2)cc1OC. The Morgan fingerprint density at radius 1 is 0.923 bits per heavy atom. The molecule has 0 radical (unpaired) electrons. The first-order valence-electron chi connectivity index (χ1n) is 8.38. The lowest BCUT2D eigenvalue weighted by molar-refractivity contribution is 0.355. The van der Waals surface area contributed by atoms with Crippen molar-refractivity contribution in [1.82, 2.24) is 14.4 Å². The summed E-state index contributed by atoms with van der Waals surface area (Å²) in [7, 11) is 3.26. The number of ether oxygens (including phenoxy) is 2. The normalized spacial score (nSPS) is 10.8. The molecule has 0 N–H and O–H groups in total. The molecule has 4 aromatic rings. The van der Waals surface area contributed by atoms with Crippen LogP contribution in [0.2, 0.25) is 0 Å². The highest BCUT2D eigenvalue weighted by Crippen LogP contribution is 2.32. The Labute approximate surface area is 151 Å². The van der Waals surface area contributed by atoms with Gasteiger partial charge in [-0.1, -0.05) is 30.3 Å². The van der Waals surface area contributed by atoms with Gasteiger partial charge in [-0.05, 0) is 23.8 Å². The zero-order valence-electron chi connectivity index (χ0n) is 14.7. The van der Waals surface area contributed by atoms with E-state index in [1.165, 1.54) is 5.56 Å². The predicted octanol–water partition coefficient (Wildman–Crippen LogP) is 4.00. The Hall–Kier alpha value is -3.34. The van der Waals surface area contributed by atoms with E-state index in [1.807, 2.05) is 53.1 Å². The molecule has 5 nitrogen and oxygen atoms in total. The first kappa shape index (κ1) is 16.1. The predicted molar refractivity (Wildman–Crippen MR) is 101 cm³/mol. The van der Waals surface area contributed by atoms with E-state index in [9.17, 15) is 0 Å². The molecule has 0 aliphatic carbocycles. The number of rotatable bonds is 5. The summed E-state index contributed by atoms with van der Waals surface area (Å²) in [4.78, 5) is 9.35. The van der Waals surface area contributed by atoms with Gasteiger partial charge >= 0.3 is 0 Å². The smallest absolute Gasteiger partial charge is 0.161 e. The van der Waals surface area contributed by atoms with E-state index in [-0.39, 0.29) is 0 Å². The summed E-state index contributed by atoms with van der Waals surface area (Å²) < 4.78 is 12.8. The van der Waals surface area contributed by atoms with Gasteiger partial charge in [0.1, 0.15) is 11.5 Å². The lowest BCUT2D eigenvalue weighted by atomic mass is 10.1. The van der Waals surface area contributed by atoms with Gasteiger partial charge in [-0.15, -0.1) is 0 Å². The maximum Gasteiger partial charge on any atom is 0.161 e. The molecular formula is C21H19N3O2.